The number of thiazole rings is 2. The van der Waals surface area contributed by atoms with Gasteiger partial charge in [0, 0.05) is 42.0 Å². The van der Waals surface area contributed by atoms with Crippen LogP contribution in [0, 0.1) is 0 Å². The number of rotatable bonds is 6. The molecule has 1 aromatic carbocycles. The summed E-state index contributed by atoms with van der Waals surface area (Å²) in [6.45, 7) is 1.97. The molecule has 1 N–H and O–H groups in total. The van der Waals surface area contributed by atoms with E-state index < -0.39 is 0 Å². The van der Waals surface area contributed by atoms with E-state index >= 15 is 0 Å². The van der Waals surface area contributed by atoms with E-state index in [9.17, 15) is 0 Å². The molecule has 0 spiro atoms. The van der Waals surface area contributed by atoms with Crippen molar-refractivity contribution < 1.29 is 9.47 Å². The molecule has 0 bridgehead atoms. The highest BCUT2D eigenvalue weighted by Crippen LogP contribution is 2.36. The fraction of sp³-hybridized carbons (Fsp3) is 0.250. The summed E-state index contributed by atoms with van der Waals surface area (Å²) < 4.78 is 10.8. The van der Waals surface area contributed by atoms with E-state index in [0.29, 0.717) is 6.79 Å². The molecule has 3 aromatic rings. The molecule has 0 saturated carbocycles. The normalized spacial score (nSPS) is 12.7. The maximum atomic E-state index is 5.42. The van der Waals surface area contributed by atoms with Crippen molar-refractivity contribution in [3.05, 3.63) is 45.9 Å². The van der Waals surface area contributed by atoms with Gasteiger partial charge in [0.1, 0.15) is 5.01 Å². The fourth-order valence-corrected chi connectivity index (χ4v) is 3.78. The second-order valence-corrected chi connectivity index (χ2v) is 6.90. The van der Waals surface area contributed by atoms with E-state index in [1.807, 2.05) is 29.8 Å². The molecule has 1 aliphatic heterocycles. The first kappa shape index (κ1) is 14.6. The van der Waals surface area contributed by atoms with Gasteiger partial charge in [0.25, 0.3) is 0 Å². The minimum atomic E-state index is 0.297. The summed E-state index contributed by atoms with van der Waals surface area (Å²) in [5, 5.41) is 9.68. The third-order valence-electron chi connectivity index (χ3n) is 3.48. The molecule has 1 aliphatic rings. The summed E-state index contributed by atoms with van der Waals surface area (Å²) in [6.07, 6.45) is 2.80. The lowest BCUT2D eigenvalue weighted by Crippen LogP contribution is -2.16. The Hall–Kier alpha value is -1.96. The zero-order valence-electron chi connectivity index (χ0n) is 12.3. The smallest absolute Gasteiger partial charge is 0.231 e. The average molecular weight is 345 g/mol. The SMILES string of the molecule is c1csc(CCNCc2csc(-c3ccc4c(c3)OCO4)n2)n1. The van der Waals surface area contributed by atoms with Gasteiger partial charge in [-0.05, 0) is 18.2 Å². The molecule has 0 fully saturated rings. The third-order valence-corrected chi connectivity index (χ3v) is 5.26. The van der Waals surface area contributed by atoms with Gasteiger partial charge in [-0.3, -0.25) is 0 Å². The number of hydrogen-bond donors (Lipinski definition) is 1. The number of hydrogen-bond acceptors (Lipinski definition) is 7. The first-order valence-electron chi connectivity index (χ1n) is 7.32. The highest BCUT2D eigenvalue weighted by molar-refractivity contribution is 7.13. The Balaban J connectivity index is 1.35. The summed E-state index contributed by atoms with van der Waals surface area (Å²) in [5.41, 5.74) is 2.12. The molecule has 3 heterocycles. The summed E-state index contributed by atoms with van der Waals surface area (Å²) in [7, 11) is 0. The Labute approximate surface area is 141 Å². The van der Waals surface area contributed by atoms with Crippen LogP contribution < -0.4 is 14.8 Å². The lowest BCUT2D eigenvalue weighted by atomic mass is 10.2. The largest absolute Gasteiger partial charge is 0.454 e. The van der Waals surface area contributed by atoms with Crippen molar-refractivity contribution in [3.8, 4) is 22.1 Å². The molecule has 7 heteroatoms. The number of benzene rings is 1. The second-order valence-electron chi connectivity index (χ2n) is 5.06. The lowest BCUT2D eigenvalue weighted by Gasteiger charge is -2.01. The molecule has 23 heavy (non-hydrogen) atoms. The molecule has 0 saturated heterocycles. The zero-order chi connectivity index (χ0) is 15.5. The van der Waals surface area contributed by atoms with Gasteiger partial charge in [-0.15, -0.1) is 22.7 Å². The van der Waals surface area contributed by atoms with Gasteiger partial charge < -0.3 is 14.8 Å². The molecular weight excluding hydrogens is 330 g/mol. The van der Waals surface area contributed by atoms with Crippen LogP contribution in [0.1, 0.15) is 10.7 Å². The molecule has 0 atom stereocenters. The quantitative estimate of drug-likeness (QED) is 0.695. The molecule has 118 valence electrons. The van der Waals surface area contributed by atoms with E-state index in [1.165, 1.54) is 0 Å². The van der Waals surface area contributed by atoms with Crippen LogP contribution in [0.4, 0.5) is 0 Å². The van der Waals surface area contributed by atoms with Crippen LogP contribution in [0.15, 0.2) is 35.2 Å². The van der Waals surface area contributed by atoms with Gasteiger partial charge in [-0.2, -0.15) is 0 Å². The first-order valence-corrected chi connectivity index (χ1v) is 9.08. The van der Waals surface area contributed by atoms with E-state index in [4.69, 9.17) is 9.47 Å². The maximum absolute atomic E-state index is 5.42. The predicted octanol–water partition coefficient (Wildman–Crippen LogP) is 3.33. The molecule has 4 rings (SSSR count). The van der Waals surface area contributed by atoms with Gasteiger partial charge in [0.2, 0.25) is 6.79 Å². The van der Waals surface area contributed by atoms with Crippen molar-refractivity contribution in [2.75, 3.05) is 13.3 Å². The Bertz CT molecular complexity index is 786. The number of fused-ring (bicyclic) bond motifs is 1. The number of ether oxygens (including phenoxy) is 2. The summed E-state index contributed by atoms with van der Waals surface area (Å²) in [5.74, 6) is 1.59. The topological polar surface area (TPSA) is 56.3 Å². The minimum Gasteiger partial charge on any atom is -0.454 e. The molecular formula is C16H15N3O2S2. The van der Waals surface area contributed by atoms with Crippen LogP contribution in [0.2, 0.25) is 0 Å². The van der Waals surface area contributed by atoms with Crippen molar-refractivity contribution in [1.29, 1.82) is 0 Å². The number of aromatic nitrogens is 2. The Kier molecular flexibility index (Phi) is 4.23. The third kappa shape index (κ3) is 3.36. The molecule has 0 unspecified atom stereocenters. The Morgan fingerprint density at radius 3 is 3.04 bits per heavy atom. The molecule has 0 aliphatic carbocycles. The van der Waals surface area contributed by atoms with Crippen molar-refractivity contribution >= 4 is 22.7 Å². The van der Waals surface area contributed by atoms with Crippen LogP contribution >= 0.6 is 22.7 Å². The lowest BCUT2D eigenvalue weighted by molar-refractivity contribution is 0.174. The molecule has 2 aromatic heterocycles. The highest BCUT2D eigenvalue weighted by atomic mass is 32.1. The average Bonchev–Trinajstić information content (AvgIpc) is 3.31. The van der Waals surface area contributed by atoms with Crippen LogP contribution in [-0.4, -0.2) is 23.3 Å². The zero-order valence-corrected chi connectivity index (χ0v) is 14.0. The van der Waals surface area contributed by atoms with E-state index in [-0.39, 0.29) is 0 Å². The van der Waals surface area contributed by atoms with Crippen molar-refractivity contribution in [2.45, 2.75) is 13.0 Å². The van der Waals surface area contributed by atoms with E-state index in [2.05, 4.69) is 20.7 Å². The van der Waals surface area contributed by atoms with Crippen LogP contribution in [0.5, 0.6) is 11.5 Å². The summed E-state index contributed by atoms with van der Waals surface area (Å²) in [4.78, 5) is 8.96. The van der Waals surface area contributed by atoms with Gasteiger partial charge in [-0.25, -0.2) is 9.97 Å². The van der Waals surface area contributed by atoms with Gasteiger partial charge >= 0.3 is 0 Å². The summed E-state index contributed by atoms with van der Waals surface area (Å²) >= 11 is 3.34. The molecule has 0 amide bonds. The minimum absolute atomic E-state index is 0.297. The van der Waals surface area contributed by atoms with Crippen LogP contribution in [0.25, 0.3) is 10.6 Å². The standard InChI is InChI=1S/C16H15N3O2S2/c1-2-13-14(21-10-20-13)7-11(1)16-19-12(9-23-16)8-17-4-3-15-18-5-6-22-15/h1-2,5-7,9,17H,3-4,8,10H2. The fourth-order valence-electron chi connectivity index (χ4n) is 2.34. The van der Waals surface area contributed by atoms with Gasteiger partial charge in [0.05, 0.1) is 10.7 Å². The Morgan fingerprint density at radius 2 is 2.13 bits per heavy atom. The van der Waals surface area contributed by atoms with Crippen molar-refractivity contribution in [1.82, 2.24) is 15.3 Å². The van der Waals surface area contributed by atoms with Crippen LogP contribution in [0.3, 0.4) is 0 Å². The number of nitrogens with zero attached hydrogens (tertiary/aromatic N) is 2. The number of nitrogens with one attached hydrogen (secondary N) is 1. The molecule has 5 nitrogen and oxygen atoms in total. The predicted molar refractivity (Wildman–Crippen MR) is 91.2 cm³/mol. The van der Waals surface area contributed by atoms with Crippen LogP contribution in [-0.2, 0) is 13.0 Å². The van der Waals surface area contributed by atoms with Crippen molar-refractivity contribution in [3.63, 3.8) is 0 Å². The van der Waals surface area contributed by atoms with Gasteiger partial charge in [-0.1, -0.05) is 0 Å². The summed E-state index contributed by atoms with van der Waals surface area (Å²) in [6, 6.07) is 5.94. The van der Waals surface area contributed by atoms with Crippen molar-refractivity contribution in [2.24, 2.45) is 0 Å². The monoisotopic (exact) mass is 345 g/mol. The first-order chi connectivity index (χ1) is 11.4. The van der Waals surface area contributed by atoms with E-state index in [0.717, 1.165) is 52.3 Å². The second kappa shape index (κ2) is 6.66. The van der Waals surface area contributed by atoms with Gasteiger partial charge in [0.15, 0.2) is 11.5 Å². The Morgan fingerprint density at radius 1 is 1.17 bits per heavy atom. The van der Waals surface area contributed by atoms with E-state index in [1.54, 1.807) is 22.7 Å². The molecule has 0 radical (unpaired) electrons. The maximum Gasteiger partial charge on any atom is 0.231 e. The highest BCUT2D eigenvalue weighted by Gasteiger charge is 2.15.